The van der Waals surface area contributed by atoms with Crippen LogP contribution in [-0.4, -0.2) is 27.9 Å². The third kappa shape index (κ3) is 3.66. The summed E-state index contributed by atoms with van der Waals surface area (Å²) in [5.41, 5.74) is 2.05. The van der Waals surface area contributed by atoms with E-state index in [0.29, 0.717) is 23.8 Å². The lowest BCUT2D eigenvalue weighted by atomic mass is 10.3. The maximum atomic E-state index is 9.23. The van der Waals surface area contributed by atoms with Gasteiger partial charge in [-0.25, -0.2) is 4.98 Å². The number of aryl methyl sites for hydroxylation is 1. The SMILES string of the molecule is OCCc1nc2ccccc2n1CCCOc1ccccc1Cl. The molecule has 3 aromatic rings. The molecule has 1 aromatic heterocycles. The molecule has 0 unspecified atom stereocenters. The number of hydrogen-bond donors (Lipinski definition) is 1. The van der Waals surface area contributed by atoms with Gasteiger partial charge in [0.25, 0.3) is 0 Å². The largest absolute Gasteiger partial charge is 0.492 e. The summed E-state index contributed by atoms with van der Waals surface area (Å²) < 4.78 is 7.89. The molecule has 3 rings (SSSR count). The zero-order chi connectivity index (χ0) is 16.1. The number of fused-ring (bicyclic) bond motifs is 1. The molecule has 0 radical (unpaired) electrons. The molecule has 2 aromatic carbocycles. The van der Waals surface area contributed by atoms with Crippen molar-refractivity contribution < 1.29 is 9.84 Å². The van der Waals surface area contributed by atoms with Crippen molar-refractivity contribution in [3.05, 3.63) is 59.4 Å². The zero-order valence-electron chi connectivity index (χ0n) is 12.8. The Hall–Kier alpha value is -2.04. The van der Waals surface area contributed by atoms with Gasteiger partial charge in [0.05, 0.1) is 29.3 Å². The third-order valence-electron chi connectivity index (χ3n) is 3.69. The molecule has 1 N–H and O–H groups in total. The predicted octanol–water partition coefficient (Wildman–Crippen LogP) is 3.69. The van der Waals surface area contributed by atoms with E-state index in [9.17, 15) is 5.11 Å². The predicted molar refractivity (Wildman–Crippen MR) is 92.1 cm³/mol. The molecule has 0 saturated heterocycles. The summed E-state index contributed by atoms with van der Waals surface area (Å²) in [5.74, 6) is 1.62. The number of hydrogen-bond acceptors (Lipinski definition) is 3. The molecule has 120 valence electrons. The van der Waals surface area contributed by atoms with Gasteiger partial charge in [0.1, 0.15) is 11.6 Å². The molecule has 5 heteroatoms. The number of aliphatic hydroxyl groups is 1. The summed E-state index contributed by atoms with van der Waals surface area (Å²) in [6.45, 7) is 1.47. The van der Waals surface area contributed by atoms with Gasteiger partial charge in [-0.1, -0.05) is 35.9 Å². The molecule has 0 saturated carbocycles. The number of halogens is 1. The first-order valence-electron chi connectivity index (χ1n) is 7.72. The topological polar surface area (TPSA) is 47.3 Å². The van der Waals surface area contributed by atoms with Crippen LogP contribution in [0.1, 0.15) is 12.2 Å². The molecule has 0 aliphatic carbocycles. The Balaban J connectivity index is 1.67. The standard InChI is InChI=1S/C18H19ClN2O2/c19-14-6-1-4-9-17(14)23-13-5-11-21-16-8-3-2-7-15(16)20-18(21)10-12-22/h1-4,6-9,22H,5,10-13H2. The molecule has 4 nitrogen and oxygen atoms in total. The molecule has 0 amide bonds. The van der Waals surface area contributed by atoms with Crippen molar-refractivity contribution in [2.45, 2.75) is 19.4 Å². The summed E-state index contributed by atoms with van der Waals surface area (Å²) in [7, 11) is 0. The molecule has 23 heavy (non-hydrogen) atoms. The van der Waals surface area contributed by atoms with E-state index in [1.165, 1.54) is 0 Å². The minimum atomic E-state index is 0.0967. The number of benzene rings is 2. The van der Waals surface area contributed by atoms with Crippen molar-refractivity contribution in [3.63, 3.8) is 0 Å². The summed E-state index contributed by atoms with van der Waals surface area (Å²) in [5, 5.41) is 9.85. The summed E-state index contributed by atoms with van der Waals surface area (Å²) >= 11 is 6.08. The number of ether oxygens (including phenoxy) is 1. The molecule has 0 bridgehead atoms. The van der Waals surface area contributed by atoms with E-state index < -0.39 is 0 Å². The second-order valence-corrected chi connectivity index (χ2v) is 5.68. The third-order valence-corrected chi connectivity index (χ3v) is 4.00. The van der Waals surface area contributed by atoms with Crippen molar-refractivity contribution in [3.8, 4) is 5.75 Å². The average Bonchev–Trinajstić information content (AvgIpc) is 2.91. The molecule has 0 fully saturated rings. The van der Waals surface area contributed by atoms with Gasteiger partial charge in [-0.3, -0.25) is 0 Å². The average molecular weight is 331 g/mol. The smallest absolute Gasteiger partial charge is 0.137 e. The van der Waals surface area contributed by atoms with Crippen LogP contribution in [0.15, 0.2) is 48.5 Å². The summed E-state index contributed by atoms with van der Waals surface area (Å²) in [6, 6.07) is 15.5. The van der Waals surface area contributed by atoms with E-state index in [0.717, 1.165) is 29.8 Å². The van der Waals surface area contributed by atoms with Gasteiger partial charge < -0.3 is 14.4 Å². The minimum Gasteiger partial charge on any atom is -0.492 e. The van der Waals surface area contributed by atoms with Crippen LogP contribution in [-0.2, 0) is 13.0 Å². The highest BCUT2D eigenvalue weighted by molar-refractivity contribution is 6.32. The molecule has 1 heterocycles. The van der Waals surface area contributed by atoms with E-state index >= 15 is 0 Å². The summed E-state index contributed by atoms with van der Waals surface area (Å²) in [6.07, 6.45) is 1.39. The Morgan fingerprint density at radius 3 is 2.70 bits per heavy atom. The van der Waals surface area contributed by atoms with Crippen LogP contribution in [0.25, 0.3) is 11.0 Å². The molecule has 0 spiro atoms. The Labute approximate surface area is 140 Å². The Bertz CT molecular complexity index is 786. The van der Waals surface area contributed by atoms with E-state index in [1.807, 2.05) is 42.5 Å². The second kappa shape index (κ2) is 7.49. The number of para-hydroxylation sites is 3. The van der Waals surface area contributed by atoms with Crippen molar-refractivity contribution in [2.75, 3.05) is 13.2 Å². The molecule has 0 atom stereocenters. The van der Waals surface area contributed by atoms with Crippen LogP contribution < -0.4 is 4.74 Å². The number of aliphatic hydroxyl groups excluding tert-OH is 1. The quantitative estimate of drug-likeness (QED) is 0.672. The molecule has 0 aliphatic heterocycles. The van der Waals surface area contributed by atoms with Gasteiger partial charge in [-0.2, -0.15) is 0 Å². The lowest BCUT2D eigenvalue weighted by Crippen LogP contribution is -2.09. The first-order valence-corrected chi connectivity index (χ1v) is 8.09. The van der Waals surface area contributed by atoms with Crippen LogP contribution in [0.4, 0.5) is 0 Å². The van der Waals surface area contributed by atoms with Gasteiger partial charge >= 0.3 is 0 Å². The van der Waals surface area contributed by atoms with E-state index in [1.54, 1.807) is 0 Å². The lowest BCUT2D eigenvalue weighted by molar-refractivity contribution is 0.289. The molecule has 0 aliphatic rings. The normalized spacial score (nSPS) is 11.0. The van der Waals surface area contributed by atoms with Crippen LogP contribution >= 0.6 is 11.6 Å². The monoisotopic (exact) mass is 330 g/mol. The molecular weight excluding hydrogens is 312 g/mol. The van der Waals surface area contributed by atoms with Crippen molar-refractivity contribution in [1.82, 2.24) is 9.55 Å². The fourth-order valence-corrected chi connectivity index (χ4v) is 2.82. The van der Waals surface area contributed by atoms with E-state index in [2.05, 4.69) is 15.6 Å². The van der Waals surface area contributed by atoms with Crippen LogP contribution in [0.2, 0.25) is 5.02 Å². The van der Waals surface area contributed by atoms with Crippen molar-refractivity contribution in [1.29, 1.82) is 0 Å². The first-order chi connectivity index (χ1) is 11.3. The van der Waals surface area contributed by atoms with Gasteiger partial charge in [0.2, 0.25) is 0 Å². The fourth-order valence-electron chi connectivity index (χ4n) is 2.63. The first kappa shape index (κ1) is 15.8. The fraction of sp³-hybridized carbons (Fsp3) is 0.278. The second-order valence-electron chi connectivity index (χ2n) is 5.27. The van der Waals surface area contributed by atoms with Crippen molar-refractivity contribution >= 4 is 22.6 Å². The van der Waals surface area contributed by atoms with E-state index in [-0.39, 0.29) is 6.61 Å². The number of imidazole rings is 1. The Morgan fingerprint density at radius 1 is 1.09 bits per heavy atom. The van der Waals surface area contributed by atoms with Crippen LogP contribution in [0, 0.1) is 0 Å². The number of aromatic nitrogens is 2. The van der Waals surface area contributed by atoms with Gasteiger partial charge in [-0.05, 0) is 30.7 Å². The Kier molecular flexibility index (Phi) is 5.16. The molecular formula is C18H19ClN2O2. The number of rotatable bonds is 7. The maximum absolute atomic E-state index is 9.23. The van der Waals surface area contributed by atoms with Gasteiger partial charge in [0, 0.05) is 13.0 Å². The van der Waals surface area contributed by atoms with Crippen LogP contribution in [0.3, 0.4) is 0 Å². The van der Waals surface area contributed by atoms with Gasteiger partial charge in [-0.15, -0.1) is 0 Å². The highest BCUT2D eigenvalue weighted by atomic mass is 35.5. The maximum Gasteiger partial charge on any atom is 0.137 e. The lowest BCUT2D eigenvalue weighted by Gasteiger charge is -2.10. The highest BCUT2D eigenvalue weighted by Crippen LogP contribution is 2.23. The number of nitrogens with zero attached hydrogens (tertiary/aromatic N) is 2. The summed E-state index contributed by atoms with van der Waals surface area (Å²) in [4.78, 5) is 4.59. The van der Waals surface area contributed by atoms with Crippen molar-refractivity contribution in [2.24, 2.45) is 0 Å². The van der Waals surface area contributed by atoms with Gasteiger partial charge in [0.15, 0.2) is 0 Å². The Morgan fingerprint density at radius 2 is 1.87 bits per heavy atom. The highest BCUT2D eigenvalue weighted by Gasteiger charge is 2.09. The van der Waals surface area contributed by atoms with Crippen LogP contribution in [0.5, 0.6) is 5.75 Å². The van der Waals surface area contributed by atoms with E-state index in [4.69, 9.17) is 16.3 Å². The zero-order valence-corrected chi connectivity index (χ0v) is 13.5. The minimum absolute atomic E-state index is 0.0967.